The molecular weight excluding hydrogens is 314 g/mol. The van der Waals surface area contributed by atoms with Crippen molar-refractivity contribution in [2.24, 2.45) is 0 Å². The standard InChI is InChI=1S/C18H16ClNO3/c19-15-4-6-16(7-5-15)22-10-9-20-12-13-1-2-14-3-8-18(21)23-17(14)11-13/h1-8,11,20H,9-10,12H2. The van der Waals surface area contributed by atoms with Crippen LogP contribution in [0.5, 0.6) is 5.75 Å². The summed E-state index contributed by atoms with van der Waals surface area (Å²) in [6.07, 6.45) is 0. The van der Waals surface area contributed by atoms with Gasteiger partial charge in [0, 0.05) is 29.6 Å². The van der Waals surface area contributed by atoms with Gasteiger partial charge in [0.25, 0.3) is 0 Å². The number of rotatable bonds is 6. The van der Waals surface area contributed by atoms with Crippen molar-refractivity contribution >= 4 is 22.6 Å². The maximum Gasteiger partial charge on any atom is 0.336 e. The van der Waals surface area contributed by atoms with E-state index in [2.05, 4.69) is 5.32 Å². The molecule has 0 fully saturated rings. The van der Waals surface area contributed by atoms with Gasteiger partial charge in [0.05, 0.1) is 0 Å². The molecule has 1 N–H and O–H groups in total. The molecule has 2 aromatic carbocycles. The molecule has 3 rings (SSSR count). The molecule has 0 radical (unpaired) electrons. The monoisotopic (exact) mass is 329 g/mol. The van der Waals surface area contributed by atoms with Crippen molar-refractivity contribution in [3.8, 4) is 5.75 Å². The zero-order valence-corrected chi connectivity index (χ0v) is 13.2. The summed E-state index contributed by atoms with van der Waals surface area (Å²) in [5.74, 6) is 0.795. The maximum atomic E-state index is 11.2. The quantitative estimate of drug-likeness (QED) is 0.554. The second-order valence-corrected chi connectivity index (χ2v) is 5.54. The van der Waals surface area contributed by atoms with E-state index in [1.54, 1.807) is 18.2 Å². The van der Waals surface area contributed by atoms with Crippen LogP contribution in [0, 0.1) is 0 Å². The second-order valence-electron chi connectivity index (χ2n) is 5.11. The highest BCUT2D eigenvalue weighted by molar-refractivity contribution is 6.30. The van der Waals surface area contributed by atoms with Crippen LogP contribution >= 0.6 is 11.6 Å². The third-order valence-electron chi connectivity index (χ3n) is 3.38. The summed E-state index contributed by atoms with van der Waals surface area (Å²) in [6.45, 7) is 1.95. The third kappa shape index (κ3) is 4.34. The second kappa shape index (κ2) is 7.31. The van der Waals surface area contributed by atoms with Gasteiger partial charge in [0.15, 0.2) is 0 Å². The summed E-state index contributed by atoms with van der Waals surface area (Å²) in [7, 11) is 0. The highest BCUT2D eigenvalue weighted by Gasteiger charge is 2.00. The van der Waals surface area contributed by atoms with E-state index in [9.17, 15) is 4.79 Å². The van der Waals surface area contributed by atoms with Crippen LogP contribution in [-0.4, -0.2) is 13.2 Å². The van der Waals surface area contributed by atoms with Gasteiger partial charge in [-0.2, -0.15) is 0 Å². The average molecular weight is 330 g/mol. The summed E-state index contributed by atoms with van der Waals surface area (Å²) in [5, 5.41) is 4.90. The van der Waals surface area contributed by atoms with E-state index in [0.717, 1.165) is 16.7 Å². The predicted octanol–water partition coefficient (Wildman–Crippen LogP) is 3.62. The maximum absolute atomic E-state index is 11.2. The van der Waals surface area contributed by atoms with Crippen LogP contribution in [0.25, 0.3) is 11.0 Å². The number of fused-ring (bicyclic) bond motifs is 1. The Bertz CT molecular complexity index is 843. The van der Waals surface area contributed by atoms with Crippen LogP contribution in [0.3, 0.4) is 0 Å². The highest BCUT2D eigenvalue weighted by Crippen LogP contribution is 2.15. The summed E-state index contributed by atoms with van der Waals surface area (Å²) in [4.78, 5) is 11.2. The van der Waals surface area contributed by atoms with E-state index in [0.29, 0.717) is 30.3 Å². The summed E-state index contributed by atoms with van der Waals surface area (Å²) < 4.78 is 10.8. The number of nitrogens with one attached hydrogen (secondary N) is 1. The molecule has 0 spiro atoms. The first-order valence-corrected chi connectivity index (χ1v) is 7.70. The Labute approximate surface area is 138 Å². The van der Waals surface area contributed by atoms with Crippen molar-refractivity contribution in [1.29, 1.82) is 0 Å². The van der Waals surface area contributed by atoms with Crippen LogP contribution in [0.1, 0.15) is 5.56 Å². The predicted molar refractivity (Wildman–Crippen MR) is 91.1 cm³/mol. The molecule has 0 aliphatic heterocycles. The molecule has 4 nitrogen and oxygen atoms in total. The molecule has 0 saturated carbocycles. The van der Waals surface area contributed by atoms with Crippen LogP contribution < -0.4 is 15.7 Å². The minimum atomic E-state index is -0.334. The van der Waals surface area contributed by atoms with Gasteiger partial charge in [-0.15, -0.1) is 0 Å². The number of benzene rings is 2. The van der Waals surface area contributed by atoms with Crippen LogP contribution in [-0.2, 0) is 6.54 Å². The largest absolute Gasteiger partial charge is 0.492 e. The van der Waals surface area contributed by atoms with Gasteiger partial charge < -0.3 is 14.5 Å². The van der Waals surface area contributed by atoms with Crippen LogP contribution in [0.4, 0.5) is 0 Å². The fraction of sp³-hybridized carbons (Fsp3) is 0.167. The van der Waals surface area contributed by atoms with Gasteiger partial charge >= 0.3 is 5.63 Å². The zero-order chi connectivity index (χ0) is 16.1. The Morgan fingerprint density at radius 3 is 2.65 bits per heavy atom. The SMILES string of the molecule is O=c1ccc2ccc(CNCCOc3ccc(Cl)cc3)cc2o1. The van der Waals surface area contributed by atoms with E-state index in [1.165, 1.54) is 6.07 Å². The van der Waals surface area contributed by atoms with Crippen molar-refractivity contribution in [3.63, 3.8) is 0 Å². The molecule has 0 amide bonds. The molecule has 3 aromatic rings. The molecule has 5 heteroatoms. The third-order valence-corrected chi connectivity index (χ3v) is 3.63. The van der Waals surface area contributed by atoms with Crippen molar-refractivity contribution in [1.82, 2.24) is 5.32 Å². The Morgan fingerprint density at radius 2 is 1.83 bits per heavy atom. The average Bonchev–Trinajstić information content (AvgIpc) is 2.56. The summed E-state index contributed by atoms with van der Waals surface area (Å²) >= 11 is 5.82. The first kappa shape index (κ1) is 15.6. The van der Waals surface area contributed by atoms with Crippen molar-refractivity contribution < 1.29 is 9.15 Å². The molecule has 118 valence electrons. The fourth-order valence-corrected chi connectivity index (χ4v) is 2.35. The van der Waals surface area contributed by atoms with Gasteiger partial charge in [-0.25, -0.2) is 4.79 Å². The lowest BCUT2D eigenvalue weighted by molar-refractivity contribution is 0.313. The Morgan fingerprint density at radius 1 is 1.04 bits per heavy atom. The first-order valence-electron chi connectivity index (χ1n) is 7.32. The Kier molecular flexibility index (Phi) is 4.95. The Hall–Kier alpha value is -2.30. The van der Waals surface area contributed by atoms with Gasteiger partial charge in [-0.05, 0) is 42.0 Å². The summed E-state index contributed by atoms with van der Waals surface area (Å²) in [6, 6.07) is 16.3. The van der Waals surface area contributed by atoms with Gasteiger partial charge in [-0.3, -0.25) is 0 Å². The first-order chi connectivity index (χ1) is 11.2. The van der Waals surface area contributed by atoms with E-state index >= 15 is 0 Å². The van der Waals surface area contributed by atoms with Crippen molar-refractivity contribution in [2.45, 2.75) is 6.54 Å². The smallest absolute Gasteiger partial charge is 0.336 e. The zero-order valence-electron chi connectivity index (χ0n) is 12.4. The van der Waals surface area contributed by atoms with Crippen LogP contribution in [0.2, 0.25) is 5.02 Å². The minimum absolute atomic E-state index is 0.334. The number of hydrogen-bond acceptors (Lipinski definition) is 4. The molecule has 23 heavy (non-hydrogen) atoms. The lowest BCUT2D eigenvalue weighted by Gasteiger charge is -2.08. The summed E-state index contributed by atoms with van der Waals surface area (Å²) in [5.41, 5.74) is 1.33. The van der Waals surface area contributed by atoms with Crippen LogP contribution in [0.15, 0.2) is 63.8 Å². The van der Waals surface area contributed by atoms with Crippen molar-refractivity contribution in [2.75, 3.05) is 13.2 Å². The molecular formula is C18H16ClNO3. The van der Waals surface area contributed by atoms with Gasteiger partial charge in [-0.1, -0.05) is 23.7 Å². The number of hydrogen-bond donors (Lipinski definition) is 1. The normalized spacial score (nSPS) is 10.8. The molecule has 1 heterocycles. The lowest BCUT2D eigenvalue weighted by Crippen LogP contribution is -2.20. The van der Waals surface area contributed by atoms with E-state index in [1.807, 2.05) is 30.3 Å². The van der Waals surface area contributed by atoms with E-state index in [4.69, 9.17) is 20.8 Å². The number of ether oxygens (including phenoxy) is 1. The van der Waals surface area contributed by atoms with Crippen molar-refractivity contribution in [3.05, 3.63) is 75.6 Å². The number of halogens is 1. The highest BCUT2D eigenvalue weighted by atomic mass is 35.5. The molecule has 0 unspecified atom stereocenters. The fourth-order valence-electron chi connectivity index (χ4n) is 2.22. The molecule has 0 bridgehead atoms. The van der Waals surface area contributed by atoms with E-state index < -0.39 is 0 Å². The minimum Gasteiger partial charge on any atom is -0.492 e. The molecule has 1 aromatic heterocycles. The van der Waals surface area contributed by atoms with E-state index in [-0.39, 0.29) is 5.63 Å². The molecule has 0 aliphatic rings. The van der Waals surface area contributed by atoms with Gasteiger partial charge in [0.1, 0.15) is 17.9 Å². The topological polar surface area (TPSA) is 51.5 Å². The lowest BCUT2D eigenvalue weighted by atomic mass is 10.1. The molecule has 0 saturated heterocycles. The molecule has 0 aliphatic carbocycles. The molecule has 0 atom stereocenters. The Balaban J connectivity index is 1.48. The van der Waals surface area contributed by atoms with Gasteiger partial charge in [0.2, 0.25) is 0 Å².